The number of rotatable bonds is 3. The molecular formula is C10H10Br2N2. The summed E-state index contributed by atoms with van der Waals surface area (Å²) >= 11 is 6.75. The Kier molecular flexibility index (Phi) is 4.59. The maximum Gasteiger partial charge on any atom is 0.0713 e. The first-order valence-corrected chi connectivity index (χ1v) is 5.73. The highest BCUT2D eigenvalue weighted by Gasteiger charge is 2.10. The van der Waals surface area contributed by atoms with Crippen molar-refractivity contribution in [3.05, 3.63) is 26.9 Å². The van der Waals surface area contributed by atoms with Gasteiger partial charge >= 0.3 is 0 Å². The van der Waals surface area contributed by atoms with E-state index in [0.717, 1.165) is 21.1 Å². The lowest BCUT2D eigenvalue weighted by molar-refractivity contribution is 0.644. The molecule has 1 aromatic rings. The maximum atomic E-state index is 5.93. The molecule has 2 N–H and O–H groups in total. The summed E-state index contributed by atoms with van der Waals surface area (Å²) < 4.78 is 1.84. The smallest absolute Gasteiger partial charge is 0.0713 e. The third kappa shape index (κ3) is 3.09. The van der Waals surface area contributed by atoms with Gasteiger partial charge in [-0.15, -0.1) is 12.3 Å². The van der Waals surface area contributed by atoms with Crippen LogP contribution in [0.2, 0.25) is 0 Å². The number of aromatic nitrogens is 1. The molecule has 0 fully saturated rings. The number of nitrogens with two attached hydrogens (primary N) is 1. The molecule has 1 aromatic heterocycles. The summed E-state index contributed by atoms with van der Waals surface area (Å²) in [6.07, 6.45) is 8.33. The van der Waals surface area contributed by atoms with Gasteiger partial charge in [-0.25, -0.2) is 0 Å². The topological polar surface area (TPSA) is 38.9 Å². The van der Waals surface area contributed by atoms with E-state index < -0.39 is 0 Å². The van der Waals surface area contributed by atoms with Gasteiger partial charge in [0.05, 0.1) is 5.69 Å². The number of hydrogen-bond donors (Lipinski definition) is 1. The lowest BCUT2D eigenvalue weighted by atomic mass is 10.1. The van der Waals surface area contributed by atoms with E-state index in [9.17, 15) is 0 Å². The van der Waals surface area contributed by atoms with E-state index in [-0.39, 0.29) is 6.04 Å². The molecule has 0 aliphatic heterocycles. The van der Waals surface area contributed by atoms with E-state index in [1.165, 1.54) is 0 Å². The molecule has 0 radical (unpaired) electrons. The first-order chi connectivity index (χ1) is 6.65. The Hall–Kier alpha value is -0.370. The zero-order valence-electron chi connectivity index (χ0n) is 7.50. The van der Waals surface area contributed by atoms with Crippen LogP contribution in [-0.4, -0.2) is 4.98 Å². The molecule has 74 valence electrons. The van der Waals surface area contributed by atoms with Crippen molar-refractivity contribution in [1.82, 2.24) is 4.98 Å². The second-order valence-electron chi connectivity index (χ2n) is 2.87. The fraction of sp³-hybridized carbons (Fsp3) is 0.300. The Morgan fingerprint density at radius 1 is 1.57 bits per heavy atom. The van der Waals surface area contributed by atoms with Gasteiger partial charge in [-0.05, 0) is 44.3 Å². The summed E-state index contributed by atoms with van der Waals surface area (Å²) in [5.41, 5.74) is 6.78. The molecule has 1 rings (SSSR count). The third-order valence-electron chi connectivity index (χ3n) is 1.79. The van der Waals surface area contributed by atoms with Gasteiger partial charge in [0.1, 0.15) is 0 Å². The van der Waals surface area contributed by atoms with Crippen molar-refractivity contribution in [2.24, 2.45) is 5.73 Å². The van der Waals surface area contributed by atoms with Crippen LogP contribution in [0.1, 0.15) is 24.6 Å². The van der Waals surface area contributed by atoms with E-state index >= 15 is 0 Å². The number of pyridine rings is 1. The molecule has 0 amide bonds. The van der Waals surface area contributed by atoms with E-state index in [1.807, 2.05) is 6.07 Å². The van der Waals surface area contributed by atoms with Crippen LogP contribution in [0.5, 0.6) is 0 Å². The minimum atomic E-state index is -0.103. The molecule has 1 atom stereocenters. The van der Waals surface area contributed by atoms with Crippen molar-refractivity contribution in [3.63, 3.8) is 0 Å². The van der Waals surface area contributed by atoms with Gasteiger partial charge in [0.2, 0.25) is 0 Å². The lowest BCUT2D eigenvalue weighted by Gasteiger charge is -2.11. The van der Waals surface area contributed by atoms with Crippen LogP contribution in [0.4, 0.5) is 0 Å². The number of terminal acetylenes is 1. The van der Waals surface area contributed by atoms with Gasteiger partial charge in [-0.3, -0.25) is 4.98 Å². The molecule has 0 saturated heterocycles. The summed E-state index contributed by atoms with van der Waals surface area (Å²) in [7, 11) is 0. The van der Waals surface area contributed by atoms with E-state index in [4.69, 9.17) is 12.2 Å². The highest BCUT2D eigenvalue weighted by atomic mass is 79.9. The van der Waals surface area contributed by atoms with Crippen molar-refractivity contribution < 1.29 is 0 Å². The Morgan fingerprint density at radius 3 is 2.86 bits per heavy atom. The van der Waals surface area contributed by atoms with E-state index in [0.29, 0.717) is 6.42 Å². The van der Waals surface area contributed by atoms with Crippen LogP contribution >= 0.6 is 31.9 Å². The highest BCUT2D eigenvalue weighted by molar-refractivity contribution is 9.11. The van der Waals surface area contributed by atoms with Gasteiger partial charge in [0.25, 0.3) is 0 Å². The molecule has 0 aliphatic rings. The molecule has 2 nitrogen and oxygen atoms in total. The average Bonchev–Trinajstić information content (AvgIpc) is 2.14. The van der Waals surface area contributed by atoms with Crippen LogP contribution in [-0.2, 0) is 0 Å². The minimum absolute atomic E-state index is 0.103. The summed E-state index contributed by atoms with van der Waals surface area (Å²) in [4.78, 5) is 4.24. The monoisotopic (exact) mass is 316 g/mol. The predicted octanol–water partition coefficient (Wildman–Crippen LogP) is 3.02. The summed E-state index contributed by atoms with van der Waals surface area (Å²) in [6.45, 7) is 0. The summed E-state index contributed by atoms with van der Waals surface area (Å²) in [5, 5.41) is 0. The van der Waals surface area contributed by atoms with E-state index in [1.54, 1.807) is 6.20 Å². The fourth-order valence-electron chi connectivity index (χ4n) is 1.07. The average molecular weight is 318 g/mol. The summed E-state index contributed by atoms with van der Waals surface area (Å²) in [6, 6.07) is 1.83. The van der Waals surface area contributed by atoms with Crippen molar-refractivity contribution in [2.75, 3.05) is 0 Å². The number of halogens is 2. The first-order valence-electron chi connectivity index (χ1n) is 4.15. The first kappa shape index (κ1) is 11.7. The summed E-state index contributed by atoms with van der Waals surface area (Å²) in [5.74, 6) is 2.57. The minimum Gasteiger partial charge on any atom is -0.323 e. The maximum absolute atomic E-state index is 5.93. The molecule has 0 spiro atoms. The van der Waals surface area contributed by atoms with Gasteiger partial charge < -0.3 is 5.73 Å². The standard InChI is InChI=1S/C10H10Br2N2/c1-2-3-4-9(13)10-8(12)5-7(11)6-14-10/h1,5-6,9H,3-4,13H2. The SMILES string of the molecule is C#CCCC(N)c1ncc(Br)cc1Br. The number of nitrogens with zero attached hydrogens (tertiary/aromatic N) is 1. The van der Waals surface area contributed by atoms with Gasteiger partial charge in [-0.1, -0.05) is 0 Å². The molecule has 1 unspecified atom stereocenters. The van der Waals surface area contributed by atoms with Crippen LogP contribution in [0.3, 0.4) is 0 Å². The van der Waals surface area contributed by atoms with Gasteiger partial charge in [0.15, 0.2) is 0 Å². The zero-order chi connectivity index (χ0) is 10.6. The quantitative estimate of drug-likeness (QED) is 0.870. The molecule has 0 bridgehead atoms. The normalized spacial score (nSPS) is 12.1. The zero-order valence-corrected chi connectivity index (χ0v) is 10.7. The predicted molar refractivity (Wildman–Crippen MR) is 64.6 cm³/mol. The lowest BCUT2D eigenvalue weighted by Crippen LogP contribution is -2.12. The molecular weight excluding hydrogens is 308 g/mol. The molecule has 0 aliphatic carbocycles. The van der Waals surface area contributed by atoms with Crippen molar-refractivity contribution >= 4 is 31.9 Å². The van der Waals surface area contributed by atoms with Crippen LogP contribution < -0.4 is 5.73 Å². The second-order valence-corrected chi connectivity index (χ2v) is 4.64. The Bertz CT molecular complexity index is 358. The largest absolute Gasteiger partial charge is 0.323 e. The van der Waals surface area contributed by atoms with Gasteiger partial charge in [0, 0.05) is 27.6 Å². The molecule has 0 saturated carbocycles. The molecule has 1 heterocycles. The Labute approximate surface area is 101 Å². The van der Waals surface area contributed by atoms with Crippen molar-refractivity contribution in [1.29, 1.82) is 0 Å². The number of hydrogen-bond acceptors (Lipinski definition) is 2. The van der Waals surface area contributed by atoms with Crippen LogP contribution in [0, 0.1) is 12.3 Å². The van der Waals surface area contributed by atoms with E-state index in [2.05, 4.69) is 42.8 Å². The molecule has 14 heavy (non-hydrogen) atoms. The third-order valence-corrected chi connectivity index (χ3v) is 2.86. The van der Waals surface area contributed by atoms with Gasteiger partial charge in [-0.2, -0.15) is 0 Å². The Morgan fingerprint density at radius 2 is 2.29 bits per heavy atom. The molecule has 0 aromatic carbocycles. The van der Waals surface area contributed by atoms with Crippen molar-refractivity contribution in [2.45, 2.75) is 18.9 Å². The molecule has 4 heteroatoms. The van der Waals surface area contributed by atoms with Crippen LogP contribution in [0.25, 0.3) is 0 Å². The fourth-order valence-corrected chi connectivity index (χ4v) is 2.36. The second kappa shape index (κ2) is 5.50. The Balaban J connectivity index is 2.80. The van der Waals surface area contributed by atoms with Crippen LogP contribution in [0.15, 0.2) is 21.2 Å². The highest BCUT2D eigenvalue weighted by Crippen LogP contribution is 2.25. The van der Waals surface area contributed by atoms with Crippen molar-refractivity contribution in [3.8, 4) is 12.3 Å².